The molecule has 19 heavy (non-hydrogen) atoms. The van der Waals surface area contributed by atoms with Crippen LogP contribution in [0, 0.1) is 0 Å². The van der Waals surface area contributed by atoms with Crippen LogP contribution < -0.4 is 10.2 Å². The lowest BCUT2D eigenvalue weighted by Crippen LogP contribution is -2.61. The van der Waals surface area contributed by atoms with E-state index >= 15 is 0 Å². The number of amides is 1. The molecule has 2 atom stereocenters. The first-order chi connectivity index (χ1) is 9.15. The van der Waals surface area contributed by atoms with Gasteiger partial charge in [0.05, 0.1) is 12.6 Å². The summed E-state index contributed by atoms with van der Waals surface area (Å²) < 4.78 is 4.41. The van der Waals surface area contributed by atoms with Gasteiger partial charge in [0.2, 0.25) is 11.0 Å². The van der Waals surface area contributed by atoms with Gasteiger partial charge in [-0.2, -0.15) is 4.37 Å². The van der Waals surface area contributed by atoms with Gasteiger partial charge in [-0.25, -0.2) is 4.98 Å². The van der Waals surface area contributed by atoms with E-state index in [9.17, 15) is 4.79 Å². The minimum Gasteiger partial charge on any atom is -0.350 e. The van der Waals surface area contributed by atoms with Crippen molar-refractivity contribution in [3.05, 3.63) is 5.82 Å². The number of nitrogens with zero attached hydrogens (tertiary/aromatic N) is 3. The van der Waals surface area contributed by atoms with Gasteiger partial charge in [0.1, 0.15) is 5.82 Å². The summed E-state index contributed by atoms with van der Waals surface area (Å²) in [5.41, 5.74) is 0. The van der Waals surface area contributed by atoms with Crippen molar-refractivity contribution in [3.8, 4) is 0 Å². The van der Waals surface area contributed by atoms with Crippen LogP contribution in [0.15, 0.2) is 0 Å². The van der Waals surface area contributed by atoms with Crippen molar-refractivity contribution >= 4 is 22.6 Å². The van der Waals surface area contributed by atoms with Crippen LogP contribution in [0.1, 0.15) is 51.3 Å². The van der Waals surface area contributed by atoms with Crippen molar-refractivity contribution in [2.24, 2.45) is 0 Å². The Hall–Kier alpha value is -1.17. The van der Waals surface area contributed by atoms with E-state index in [1.165, 1.54) is 24.4 Å². The summed E-state index contributed by atoms with van der Waals surface area (Å²) in [7, 11) is 0. The maximum atomic E-state index is 11.8. The fourth-order valence-electron chi connectivity index (χ4n) is 2.96. The molecule has 1 aliphatic carbocycles. The lowest BCUT2D eigenvalue weighted by Gasteiger charge is -2.43. The van der Waals surface area contributed by atoms with Crippen LogP contribution in [0.2, 0.25) is 0 Å². The molecule has 0 radical (unpaired) electrons. The number of fused-ring (bicyclic) bond motifs is 1. The predicted octanol–water partition coefficient (Wildman–Crippen LogP) is 1.91. The van der Waals surface area contributed by atoms with Gasteiger partial charge in [0.15, 0.2) is 0 Å². The van der Waals surface area contributed by atoms with Gasteiger partial charge in [0.25, 0.3) is 0 Å². The molecule has 0 bridgehead atoms. The molecule has 1 aliphatic heterocycles. The molecule has 5 nitrogen and oxygen atoms in total. The van der Waals surface area contributed by atoms with Gasteiger partial charge in [-0.15, -0.1) is 0 Å². The summed E-state index contributed by atoms with van der Waals surface area (Å²) in [6.07, 6.45) is 4.68. The van der Waals surface area contributed by atoms with Gasteiger partial charge >= 0.3 is 0 Å². The van der Waals surface area contributed by atoms with E-state index < -0.39 is 0 Å². The highest BCUT2D eigenvalue weighted by Crippen LogP contribution is 2.31. The fraction of sp³-hybridized carbons (Fsp3) is 0.769. The SMILES string of the molecule is CC(C)c1nsc(N2CC(=O)NC3CCCCC32)n1. The number of carbonyl (C=O) groups excluding carboxylic acids is 1. The lowest BCUT2D eigenvalue weighted by atomic mass is 9.88. The molecule has 1 aromatic heterocycles. The molecule has 1 amide bonds. The summed E-state index contributed by atoms with van der Waals surface area (Å²) in [4.78, 5) is 18.6. The molecule has 2 unspecified atom stereocenters. The quantitative estimate of drug-likeness (QED) is 0.899. The van der Waals surface area contributed by atoms with E-state index in [1.54, 1.807) is 0 Å². The van der Waals surface area contributed by atoms with Crippen LogP contribution in [0.25, 0.3) is 0 Å². The molecule has 1 aromatic rings. The summed E-state index contributed by atoms with van der Waals surface area (Å²) in [6, 6.07) is 0.695. The molecule has 3 rings (SSSR count). The third-order valence-electron chi connectivity index (χ3n) is 3.98. The first kappa shape index (κ1) is 12.8. The lowest BCUT2D eigenvalue weighted by molar-refractivity contribution is -0.122. The zero-order chi connectivity index (χ0) is 13.4. The first-order valence-electron chi connectivity index (χ1n) is 7.05. The van der Waals surface area contributed by atoms with E-state index in [0.29, 0.717) is 24.5 Å². The minimum atomic E-state index is 0.115. The number of rotatable bonds is 2. The van der Waals surface area contributed by atoms with Crippen molar-refractivity contribution in [1.29, 1.82) is 0 Å². The average molecular weight is 280 g/mol. The second-order valence-corrected chi connectivity index (χ2v) is 6.47. The van der Waals surface area contributed by atoms with Gasteiger partial charge in [-0.3, -0.25) is 4.79 Å². The number of carbonyl (C=O) groups is 1. The number of nitrogens with one attached hydrogen (secondary N) is 1. The normalized spacial score (nSPS) is 27.3. The van der Waals surface area contributed by atoms with E-state index in [2.05, 4.69) is 33.4 Å². The Morgan fingerprint density at radius 3 is 2.89 bits per heavy atom. The minimum absolute atomic E-state index is 0.115. The highest BCUT2D eigenvalue weighted by Gasteiger charge is 2.37. The van der Waals surface area contributed by atoms with Crippen LogP contribution in [-0.2, 0) is 4.79 Å². The van der Waals surface area contributed by atoms with E-state index in [-0.39, 0.29) is 5.91 Å². The number of piperazine rings is 1. The second-order valence-electron chi connectivity index (χ2n) is 5.74. The van der Waals surface area contributed by atoms with Gasteiger partial charge in [0, 0.05) is 23.5 Å². The Bertz CT molecular complexity index is 473. The second kappa shape index (κ2) is 5.07. The monoisotopic (exact) mass is 280 g/mol. The molecule has 0 spiro atoms. The van der Waals surface area contributed by atoms with Gasteiger partial charge < -0.3 is 10.2 Å². The summed E-state index contributed by atoms with van der Waals surface area (Å²) >= 11 is 1.43. The van der Waals surface area contributed by atoms with Crippen LogP contribution in [-0.4, -0.2) is 33.9 Å². The predicted molar refractivity (Wildman–Crippen MR) is 75.5 cm³/mol. The molecule has 6 heteroatoms. The Kier molecular flexibility index (Phi) is 3.43. The Morgan fingerprint density at radius 2 is 2.16 bits per heavy atom. The smallest absolute Gasteiger partial charge is 0.239 e. The summed E-state index contributed by atoms with van der Waals surface area (Å²) in [5, 5.41) is 4.04. The molecule has 1 saturated carbocycles. The number of aromatic nitrogens is 2. The Labute approximate surface area is 117 Å². The zero-order valence-electron chi connectivity index (χ0n) is 11.4. The molecule has 1 saturated heterocycles. The van der Waals surface area contributed by atoms with Crippen LogP contribution in [0.5, 0.6) is 0 Å². The molecule has 1 N–H and O–H groups in total. The van der Waals surface area contributed by atoms with Crippen molar-refractivity contribution in [2.45, 2.75) is 57.5 Å². The Balaban J connectivity index is 1.85. The number of hydrogen-bond acceptors (Lipinski definition) is 5. The fourth-order valence-corrected chi connectivity index (χ4v) is 3.83. The Morgan fingerprint density at radius 1 is 1.37 bits per heavy atom. The third kappa shape index (κ3) is 2.45. The van der Waals surface area contributed by atoms with Crippen molar-refractivity contribution in [3.63, 3.8) is 0 Å². The topological polar surface area (TPSA) is 58.1 Å². The van der Waals surface area contributed by atoms with Crippen molar-refractivity contribution in [1.82, 2.24) is 14.7 Å². The standard InChI is InChI=1S/C13H20N4OS/c1-8(2)12-15-13(19-16-12)17-7-11(18)14-9-5-3-4-6-10(9)17/h8-10H,3-7H2,1-2H3,(H,14,18). The van der Waals surface area contributed by atoms with Gasteiger partial charge in [-0.05, 0) is 12.8 Å². The number of hydrogen-bond donors (Lipinski definition) is 1. The molecule has 2 fully saturated rings. The van der Waals surface area contributed by atoms with Crippen molar-refractivity contribution < 1.29 is 4.79 Å². The van der Waals surface area contributed by atoms with Crippen LogP contribution in [0.4, 0.5) is 5.13 Å². The molecular formula is C13H20N4OS. The molecule has 104 valence electrons. The maximum Gasteiger partial charge on any atom is 0.239 e. The van der Waals surface area contributed by atoms with E-state index in [1.807, 2.05) is 0 Å². The summed E-state index contributed by atoms with van der Waals surface area (Å²) in [5.74, 6) is 1.34. The van der Waals surface area contributed by atoms with Crippen LogP contribution >= 0.6 is 11.5 Å². The third-order valence-corrected chi connectivity index (χ3v) is 4.75. The molecule has 0 aromatic carbocycles. The summed E-state index contributed by atoms with van der Waals surface area (Å²) in [6.45, 7) is 4.62. The van der Waals surface area contributed by atoms with Crippen LogP contribution in [0.3, 0.4) is 0 Å². The molecule has 2 aliphatic rings. The van der Waals surface area contributed by atoms with Crippen molar-refractivity contribution in [2.75, 3.05) is 11.4 Å². The molecule has 2 heterocycles. The highest BCUT2D eigenvalue weighted by atomic mass is 32.1. The maximum absolute atomic E-state index is 11.8. The van der Waals surface area contributed by atoms with E-state index in [0.717, 1.165) is 23.8 Å². The number of anilines is 1. The zero-order valence-corrected chi connectivity index (χ0v) is 12.2. The molecular weight excluding hydrogens is 260 g/mol. The van der Waals surface area contributed by atoms with Gasteiger partial charge in [-0.1, -0.05) is 26.7 Å². The average Bonchev–Trinajstić information content (AvgIpc) is 2.87. The first-order valence-corrected chi connectivity index (χ1v) is 7.82. The highest BCUT2D eigenvalue weighted by molar-refractivity contribution is 7.09. The largest absolute Gasteiger partial charge is 0.350 e. The van der Waals surface area contributed by atoms with E-state index in [4.69, 9.17) is 0 Å².